The van der Waals surface area contributed by atoms with Gasteiger partial charge in [-0.3, -0.25) is 4.40 Å². The zero-order valence-corrected chi connectivity index (χ0v) is 27.9. The summed E-state index contributed by atoms with van der Waals surface area (Å²) in [5, 5.41) is 2.99. The number of nitrogens with zero attached hydrogens (tertiary/aromatic N) is 5. The summed E-state index contributed by atoms with van der Waals surface area (Å²) in [4.78, 5) is 21.1. The van der Waals surface area contributed by atoms with Crippen LogP contribution < -0.4 is 0 Å². The van der Waals surface area contributed by atoms with Gasteiger partial charge in [0.05, 0.1) is 33.5 Å². The summed E-state index contributed by atoms with van der Waals surface area (Å²) in [6.45, 7) is 4.52. The van der Waals surface area contributed by atoms with Gasteiger partial charge in [0.15, 0.2) is 5.82 Å². The Morgan fingerprint density at radius 3 is 2.18 bits per heavy atom. The van der Waals surface area contributed by atoms with E-state index in [4.69, 9.17) is 24.4 Å². The Labute approximate surface area is 292 Å². The zero-order valence-electron chi connectivity index (χ0n) is 27.9. The van der Waals surface area contributed by atoms with Crippen LogP contribution in [0, 0.1) is 0 Å². The molecule has 1 aliphatic rings. The highest BCUT2D eigenvalue weighted by atomic mass is 16.3. The second kappa shape index (κ2) is 10.2. The molecule has 1 aliphatic carbocycles. The number of hydrogen-bond acceptors (Lipinski definition) is 5. The van der Waals surface area contributed by atoms with Crippen LogP contribution in [-0.4, -0.2) is 24.3 Å². The lowest BCUT2D eigenvalue weighted by atomic mass is 9.85. The molecule has 6 nitrogen and oxygen atoms in total. The van der Waals surface area contributed by atoms with Crippen LogP contribution in [-0.2, 0) is 5.41 Å². The number of furan rings is 1. The number of hydrogen-bond donors (Lipinski definition) is 0. The number of imidazole rings is 1. The molecule has 0 radical (unpaired) electrons. The molecule has 10 aromatic rings. The number of aromatic nitrogens is 5. The van der Waals surface area contributed by atoms with E-state index in [9.17, 15) is 0 Å². The SMILES string of the molecule is CC1(C)c2ccccc2-c2c(-c3ccccc3)nc(-c3cccc4c3oc3cccc(-c5nc6ccccc6c6nc7ccccc7n56)c34)nc21. The van der Waals surface area contributed by atoms with Crippen molar-refractivity contribution in [3.63, 3.8) is 0 Å². The topological polar surface area (TPSA) is 69.1 Å². The highest BCUT2D eigenvalue weighted by Crippen LogP contribution is 2.51. The fourth-order valence-corrected chi connectivity index (χ4v) is 8.20. The number of fused-ring (bicyclic) bond motifs is 11. The Balaban J connectivity index is 1.20. The van der Waals surface area contributed by atoms with Crippen LogP contribution in [0.25, 0.3) is 94.7 Å². The summed E-state index contributed by atoms with van der Waals surface area (Å²) in [5.74, 6) is 1.46. The van der Waals surface area contributed by atoms with Gasteiger partial charge in [-0.2, -0.15) is 0 Å². The first-order valence-corrected chi connectivity index (χ1v) is 17.2. The van der Waals surface area contributed by atoms with Crippen molar-refractivity contribution < 1.29 is 4.42 Å². The van der Waals surface area contributed by atoms with Crippen LogP contribution >= 0.6 is 0 Å². The molecule has 0 spiro atoms. The average Bonchev–Trinajstić information content (AvgIpc) is 3.83. The second-order valence-electron chi connectivity index (χ2n) is 13.8. The van der Waals surface area contributed by atoms with Crippen molar-refractivity contribution in [2.75, 3.05) is 0 Å². The lowest BCUT2D eigenvalue weighted by Crippen LogP contribution is -2.17. The molecule has 0 unspecified atom stereocenters. The maximum Gasteiger partial charge on any atom is 0.163 e. The molecule has 0 bridgehead atoms. The number of para-hydroxylation sites is 4. The molecule has 0 atom stereocenters. The Morgan fingerprint density at radius 2 is 1.27 bits per heavy atom. The van der Waals surface area contributed by atoms with Gasteiger partial charge in [0, 0.05) is 38.3 Å². The molecule has 0 fully saturated rings. The van der Waals surface area contributed by atoms with E-state index in [1.54, 1.807) is 0 Å². The lowest BCUT2D eigenvalue weighted by Gasteiger charge is -2.21. The van der Waals surface area contributed by atoms with Gasteiger partial charge >= 0.3 is 0 Å². The summed E-state index contributed by atoms with van der Waals surface area (Å²) in [5.41, 5.74) is 13.3. The van der Waals surface area contributed by atoms with Crippen LogP contribution in [0.1, 0.15) is 25.1 Å². The minimum absolute atomic E-state index is 0.303. The summed E-state index contributed by atoms with van der Waals surface area (Å²) >= 11 is 0. The van der Waals surface area contributed by atoms with E-state index in [0.29, 0.717) is 5.82 Å². The van der Waals surface area contributed by atoms with E-state index >= 15 is 0 Å². The monoisotopic (exact) mass is 655 g/mol. The maximum absolute atomic E-state index is 6.81. The van der Waals surface area contributed by atoms with Crippen molar-refractivity contribution in [1.82, 2.24) is 24.3 Å². The normalized spacial score (nSPS) is 13.5. The molecule has 6 heteroatoms. The fourth-order valence-electron chi connectivity index (χ4n) is 8.20. The Bertz CT molecular complexity index is 3060. The van der Waals surface area contributed by atoms with Crippen LogP contribution in [0.2, 0.25) is 0 Å². The average molecular weight is 656 g/mol. The molecule has 0 amide bonds. The molecule has 0 aliphatic heterocycles. The van der Waals surface area contributed by atoms with Gasteiger partial charge in [0.25, 0.3) is 0 Å². The standard InChI is InChI=1S/C45H29N5O/c1-45(2)32-21-8-6-16-27(32)38-39(26-14-4-3-5-15-26)48-42(49-41(38)45)31-20-12-18-29-37-30(19-13-25-36(37)51-40(29)31)44-46-33-22-9-7-17-28(33)43-47-34-23-10-11-24-35(34)50(43)44/h3-25H,1-2H3. The summed E-state index contributed by atoms with van der Waals surface area (Å²) in [6, 6.07) is 48.0. The number of benzene rings is 6. The highest BCUT2D eigenvalue weighted by Gasteiger charge is 2.39. The Kier molecular flexibility index (Phi) is 5.63. The molecular weight excluding hydrogens is 627 g/mol. The third-order valence-corrected chi connectivity index (χ3v) is 10.6. The van der Waals surface area contributed by atoms with E-state index in [1.165, 1.54) is 11.1 Å². The third-order valence-electron chi connectivity index (χ3n) is 10.6. The van der Waals surface area contributed by atoms with E-state index in [1.807, 2.05) is 36.4 Å². The minimum Gasteiger partial charge on any atom is -0.455 e. The van der Waals surface area contributed by atoms with Gasteiger partial charge < -0.3 is 4.42 Å². The van der Waals surface area contributed by atoms with Gasteiger partial charge in [-0.1, -0.05) is 117 Å². The Hall–Kier alpha value is -6.66. The minimum atomic E-state index is -0.303. The van der Waals surface area contributed by atoms with Crippen molar-refractivity contribution in [2.24, 2.45) is 0 Å². The molecule has 11 rings (SSSR count). The molecule has 51 heavy (non-hydrogen) atoms. The van der Waals surface area contributed by atoms with Gasteiger partial charge in [-0.15, -0.1) is 0 Å². The van der Waals surface area contributed by atoms with Gasteiger partial charge in [-0.05, 0) is 47.5 Å². The largest absolute Gasteiger partial charge is 0.455 e. The van der Waals surface area contributed by atoms with Crippen LogP contribution in [0.4, 0.5) is 0 Å². The van der Waals surface area contributed by atoms with Crippen molar-refractivity contribution in [3.05, 3.63) is 151 Å². The molecule has 4 aromatic heterocycles. The van der Waals surface area contributed by atoms with Gasteiger partial charge in [-0.25, -0.2) is 19.9 Å². The molecule has 6 aromatic carbocycles. The van der Waals surface area contributed by atoms with E-state index in [0.717, 1.165) is 89.0 Å². The first kappa shape index (κ1) is 28.2. The lowest BCUT2D eigenvalue weighted by molar-refractivity contribution is 0.635. The Morgan fingerprint density at radius 1 is 0.569 bits per heavy atom. The molecule has 240 valence electrons. The van der Waals surface area contributed by atoms with Crippen LogP contribution in [0.5, 0.6) is 0 Å². The highest BCUT2D eigenvalue weighted by molar-refractivity contribution is 6.15. The first-order chi connectivity index (χ1) is 25.1. The number of rotatable bonds is 3. The molecule has 0 saturated heterocycles. The van der Waals surface area contributed by atoms with Crippen molar-refractivity contribution in [2.45, 2.75) is 19.3 Å². The molecule has 0 N–H and O–H groups in total. The van der Waals surface area contributed by atoms with E-state index < -0.39 is 0 Å². The van der Waals surface area contributed by atoms with Gasteiger partial charge in [0.2, 0.25) is 0 Å². The smallest absolute Gasteiger partial charge is 0.163 e. The van der Waals surface area contributed by atoms with Crippen molar-refractivity contribution >= 4 is 49.5 Å². The van der Waals surface area contributed by atoms with Crippen molar-refractivity contribution in [1.29, 1.82) is 0 Å². The van der Waals surface area contributed by atoms with E-state index in [2.05, 4.69) is 121 Å². The maximum atomic E-state index is 6.81. The predicted molar refractivity (Wildman–Crippen MR) is 205 cm³/mol. The van der Waals surface area contributed by atoms with E-state index in [-0.39, 0.29) is 5.41 Å². The molecule has 4 heterocycles. The first-order valence-electron chi connectivity index (χ1n) is 17.2. The fraction of sp³-hybridized carbons (Fsp3) is 0.0667. The quantitative estimate of drug-likeness (QED) is 0.189. The van der Waals surface area contributed by atoms with Crippen LogP contribution in [0.3, 0.4) is 0 Å². The predicted octanol–water partition coefficient (Wildman–Crippen LogP) is 11.0. The second-order valence-corrected chi connectivity index (χ2v) is 13.8. The van der Waals surface area contributed by atoms with Crippen LogP contribution in [0.15, 0.2) is 144 Å². The summed E-state index contributed by atoms with van der Waals surface area (Å²) in [6.07, 6.45) is 0. The third kappa shape index (κ3) is 3.87. The summed E-state index contributed by atoms with van der Waals surface area (Å²) < 4.78 is 9.00. The molecule has 0 saturated carbocycles. The molecular formula is C45H29N5O. The zero-order chi connectivity index (χ0) is 33.8. The van der Waals surface area contributed by atoms with Crippen molar-refractivity contribution in [3.8, 4) is 45.2 Å². The van der Waals surface area contributed by atoms with Gasteiger partial charge in [0.1, 0.15) is 22.6 Å². The summed E-state index contributed by atoms with van der Waals surface area (Å²) in [7, 11) is 0.